The van der Waals surface area contributed by atoms with E-state index in [0.29, 0.717) is 32.1 Å². The van der Waals surface area contributed by atoms with Crippen molar-refractivity contribution in [3.63, 3.8) is 0 Å². The van der Waals surface area contributed by atoms with Gasteiger partial charge in [-0.3, -0.25) is 9.89 Å². The molecule has 7 heteroatoms. The molecule has 1 saturated heterocycles. The fourth-order valence-corrected chi connectivity index (χ4v) is 2.53. The Labute approximate surface area is 123 Å². The van der Waals surface area contributed by atoms with Gasteiger partial charge in [-0.15, -0.1) is 0 Å². The van der Waals surface area contributed by atoms with E-state index in [1.165, 1.54) is 0 Å². The molecule has 0 radical (unpaired) electrons. The lowest BCUT2D eigenvalue weighted by atomic mass is 10.1. The number of rotatable bonds is 3. The van der Waals surface area contributed by atoms with E-state index < -0.39 is 0 Å². The molecule has 0 aliphatic carbocycles. The zero-order valence-electron chi connectivity index (χ0n) is 12.2. The number of ether oxygens (including phenoxy) is 2. The van der Waals surface area contributed by atoms with Crippen molar-refractivity contribution in [3.05, 3.63) is 23.5 Å². The van der Waals surface area contributed by atoms with Gasteiger partial charge in [0.15, 0.2) is 5.82 Å². The number of aromatic amines is 1. The third-order valence-electron chi connectivity index (χ3n) is 3.73. The lowest BCUT2D eigenvalue weighted by molar-refractivity contribution is -0.135. The van der Waals surface area contributed by atoms with Crippen molar-refractivity contribution in [2.24, 2.45) is 0 Å². The van der Waals surface area contributed by atoms with Gasteiger partial charge in [-0.1, -0.05) is 6.92 Å². The SMILES string of the molecule is CCc1nc([C@@H]2CN(C(=O)C3=COCCC3)CCO2)n[nH]1. The van der Waals surface area contributed by atoms with Crippen LogP contribution in [0.1, 0.15) is 37.5 Å². The average molecular weight is 292 g/mol. The maximum absolute atomic E-state index is 12.5. The molecule has 114 valence electrons. The molecule has 1 atom stereocenters. The summed E-state index contributed by atoms with van der Waals surface area (Å²) in [7, 11) is 0. The first-order valence-corrected chi connectivity index (χ1v) is 7.40. The van der Waals surface area contributed by atoms with Crippen molar-refractivity contribution in [1.82, 2.24) is 20.1 Å². The van der Waals surface area contributed by atoms with E-state index in [2.05, 4.69) is 15.2 Å². The Morgan fingerprint density at radius 1 is 1.52 bits per heavy atom. The molecule has 3 heterocycles. The van der Waals surface area contributed by atoms with Gasteiger partial charge in [0.1, 0.15) is 11.9 Å². The van der Waals surface area contributed by atoms with Crippen LogP contribution in [0.2, 0.25) is 0 Å². The summed E-state index contributed by atoms with van der Waals surface area (Å²) in [5.41, 5.74) is 0.742. The monoisotopic (exact) mass is 292 g/mol. The average Bonchev–Trinajstić information content (AvgIpc) is 3.04. The Kier molecular flexibility index (Phi) is 4.19. The van der Waals surface area contributed by atoms with Gasteiger partial charge < -0.3 is 14.4 Å². The van der Waals surface area contributed by atoms with E-state index in [1.54, 1.807) is 11.2 Å². The molecule has 2 aliphatic heterocycles. The van der Waals surface area contributed by atoms with E-state index in [-0.39, 0.29) is 12.0 Å². The Morgan fingerprint density at radius 3 is 3.14 bits per heavy atom. The molecular weight excluding hydrogens is 272 g/mol. The lowest BCUT2D eigenvalue weighted by Gasteiger charge is -2.32. The molecule has 0 aromatic carbocycles. The third kappa shape index (κ3) is 3.07. The minimum atomic E-state index is -0.260. The van der Waals surface area contributed by atoms with E-state index >= 15 is 0 Å². The molecule has 0 spiro atoms. The number of hydrogen-bond donors (Lipinski definition) is 1. The van der Waals surface area contributed by atoms with E-state index in [0.717, 1.165) is 30.7 Å². The molecule has 3 rings (SSSR count). The number of aryl methyl sites for hydroxylation is 1. The normalized spacial score (nSPS) is 22.6. The Morgan fingerprint density at radius 2 is 2.43 bits per heavy atom. The summed E-state index contributed by atoms with van der Waals surface area (Å²) >= 11 is 0. The molecule has 1 fully saturated rings. The first kappa shape index (κ1) is 14.1. The third-order valence-corrected chi connectivity index (χ3v) is 3.73. The van der Waals surface area contributed by atoms with Crippen molar-refractivity contribution in [2.75, 3.05) is 26.3 Å². The summed E-state index contributed by atoms with van der Waals surface area (Å²) < 4.78 is 11.0. The van der Waals surface area contributed by atoms with E-state index in [4.69, 9.17) is 9.47 Å². The fraction of sp³-hybridized carbons (Fsp3) is 0.643. The van der Waals surface area contributed by atoms with Gasteiger partial charge >= 0.3 is 0 Å². The van der Waals surface area contributed by atoms with Crippen molar-refractivity contribution in [2.45, 2.75) is 32.3 Å². The zero-order chi connectivity index (χ0) is 14.7. The van der Waals surface area contributed by atoms with Gasteiger partial charge in [-0.05, 0) is 12.8 Å². The smallest absolute Gasteiger partial charge is 0.253 e. The van der Waals surface area contributed by atoms with Crippen LogP contribution < -0.4 is 0 Å². The van der Waals surface area contributed by atoms with E-state index in [1.807, 2.05) is 6.92 Å². The predicted octanol–water partition coefficient (Wildman–Crippen LogP) is 0.961. The second-order valence-electron chi connectivity index (χ2n) is 5.22. The predicted molar refractivity (Wildman–Crippen MR) is 74.3 cm³/mol. The van der Waals surface area contributed by atoms with Gasteiger partial charge in [0.25, 0.3) is 5.91 Å². The largest absolute Gasteiger partial charge is 0.501 e. The Balaban J connectivity index is 1.67. The van der Waals surface area contributed by atoms with Crippen LogP contribution in [0.5, 0.6) is 0 Å². The molecule has 0 bridgehead atoms. The molecule has 7 nitrogen and oxygen atoms in total. The van der Waals surface area contributed by atoms with Gasteiger partial charge in [-0.2, -0.15) is 5.10 Å². The number of H-pyrrole nitrogens is 1. The Hall–Kier alpha value is -1.89. The quantitative estimate of drug-likeness (QED) is 0.897. The summed E-state index contributed by atoms with van der Waals surface area (Å²) in [5, 5.41) is 7.06. The second-order valence-corrected chi connectivity index (χ2v) is 5.22. The van der Waals surface area contributed by atoms with Gasteiger partial charge in [0.05, 0.1) is 31.6 Å². The topological polar surface area (TPSA) is 80.3 Å². The van der Waals surface area contributed by atoms with Crippen LogP contribution in [0.15, 0.2) is 11.8 Å². The van der Waals surface area contributed by atoms with Crippen molar-refractivity contribution < 1.29 is 14.3 Å². The molecule has 1 aromatic rings. The van der Waals surface area contributed by atoms with Gasteiger partial charge in [-0.25, -0.2) is 4.98 Å². The van der Waals surface area contributed by atoms with Crippen LogP contribution >= 0.6 is 0 Å². The molecular formula is C14H20N4O3. The van der Waals surface area contributed by atoms with Crippen LogP contribution in [0.4, 0.5) is 0 Å². The fourth-order valence-electron chi connectivity index (χ4n) is 2.53. The minimum Gasteiger partial charge on any atom is -0.501 e. The summed E-state index contributed by atoms with van der Waals surface area (Å²) in [4.78, 5) is 18.7. The summed E-state index contributed by atoms with van der Waals surface area (Å²) in [6.45, 7) is 4.28. The van der Waals surface area contributed by atoms with Crippen molar-refractivity contribution in [1.29, 1.82) is 0 Å². The minimum absolute atomic E-state index is 0.0363. The number of hydrogen-bond acceptors (Lipinski definition) is 5. The highest BCUT2D eigenvalue weighted by atomic mass is 16.5. The van der Waals surface area contributed by atoms with Crippen molar-refractivity contribution >= 4 is 5.91 Å². The number of nitrogens with zero attached hydrogens (tertiary/aromatic N) is 3. The van der Waals surface area contributed by atoms with Gasteiger partial charge in [0, 0.05) is 13.0 Å². The molecule has 1 amide bonds. The maximum atomic E-state index is 12.5. The van der Waals surface area contributed by atoms with Crippen LogP contribution in [-0.2, 0) is 20.7 Å². The molecule has 1 N–H and O–H groups in total. The first-order valence-electron chi connectivity index (χ1n) is 7.40. The van der Waals surface area contributed by atoms with Gasteiger partial charge in [0.2, 0.25) is 0 Å². The van der Waals surface area contributed by atoms with Crippen LogP contribution in [0.25, 0.3) is 0 Å². The summed E-state index contributed by atoms with van der Waals surface area (Å²) in [6.07, 6.45) is 3.81. The summed E-state index contributed by atoms with van der Waals surface area (Å²) in [6, 6.07) is 0. The number of amides is 1. The molecule has 0 unspecified atom stereocenters. The number of carbonyl (C=O) groups is 1. The Bertz CT molecular complexity index is 540. The highest BCUT2D eigenvalue weighted by molar-refractivity contribution is 5.93. The highest BCUT2D eigenvalue weighted by Gasteiger charge is 2.29. The van der Waals surface area contributed by atoms with Crippen LogP contribution in [0, 0.1) is 0 Å². The second kappa shape index (κ2) is 6.26. The molecule has 0 saturated carbocycles. The molecule has 21 heavy (non-hydrogen) atoms. The number of carbonyl (C=O) groups excluding carboxylic acids is 1. The maximum Gasteiger partial charge on any atom is 0.253 e. The zero-order valence-corrected chi connectivity index (χ0v) is 12.2. The van der Waals surface area contributed by atoms with Crippen LogP contribution in [0.3, 0.4) is 0 Å². The number of nitrogens with one attached hydrogen (secondary N) is 1. The summed E-state index contributed by atoms with van der Waals surface area (Å²) in [5.74, 6) is 1.49. The molecule has 1 aromatic heterocycles. The van der Waals surface area contributed by atoms with E-state index in [9.17, 15) is 4.79 Å². The first-order chi connectivity index (χ1) is 10.3. The van der Waals surface area contributed by atoms with Crippen LogP contribution in [-0.4, -0.2) is 52.3 Å². The van der Waals surface area contributed by atoms with Crippen molar-refractivity contribution in [3.8, 4) is 0 Å². The highest BCUT2D eigenvalue weighted by Crippen LogP contribution is 2.22. The number of aromatic nitrogens is 3. The number of morpholine rings is 1. The standard InChI is InChI=1S/C14H20N4O3/c1-2-12-15-13(17-16-12)11-8-18(5-7-21-11)14(19)10-4-3-6-20-9-10/h9,11H,2-8H2,1H3,(H,15,16,17)/t11-/m0/s1. The lowest BCUT2D eigenvalue weighted by Crippen LogP contribution is -2.43. The molecule has 2 aliphatic rings.